The molecular weight excluding hydrogens is 466 g/mol. The summed E-state index contributed by atoms with van der Waals surface area (Å²) in [7, 11) is -0.288. The molecule has 25 heavy (non-hydrogen) atoms. The molecule has 1 aliphatic carbocycles. The van der Waals surface area contributed by atoms with Crippen molar-refractivity contribution < 1.29 is 63.4 Å². The minimum absolute atomic E-state index is 0. The van der Waals surface area contributed by atoms with Gasteiger partial charge in [-0.05, 0) is 17.9 Å². The summed E-state index contributed by atoms with van der Waals surface area (Å²) in [6.07, 6.45) is 16.2. The van der Waals surface area contributed by atoms with Gasteiger partial charge in [0.25, 0.3) is 0 Å². The summed E-state index contributed by atoms with van der Waals surface area (Å²) in [6.45, 7) is 11.6. The molecule has 1 atom stereocenters. The van der Waals surface area contributed by atoms with Gasteiger partial charge in [0.15, 0.2) is 0 Å². The zero-order valence-electron chi connectivity index (χ0n) is 16.2. The number of hydrogen-bond acceptors (Lipinski definition) is 0. The van der Waals surface area contributed by atoms with E-state index >= 15 is 0 Å². The van der Waals surface area contributed by atoms with Gasteiger partial charge in [0.05, 0.1) is 0 Å². The molecule has 2 rings (SSSR count). The van der Waals surface area contributed by atoms with E-state index in [9.17, 15) is 0 Å². The Morgan fingerprint density at radius 3 is 1.96 bits per heavy atom. The molecule has 0 spiro atoms. The van der Waals surface area contributed by atoms with E-state index in [2.05, 4.69) is 58.9 Å². The number of rotatable bonds is 6. The fraction of sp³-hybridized carbons (Fsp3) is 0.550. The van der Waals surface area contributed by atoms with Crippen LogP contribution in [0.2, 0.25) is 5.04 Å². The molecule has 140 valence electrons. The summed E-state index contributed by atoms with van der Waals surface area (Å²) in [5.41, 5.74) is 6.26. The molecule has 0 saturated carbocycles. The van der Waals surface area contributed by atoms with Gasteiger partial charge in [-0.1, -0.05) is 78.2 Å². The minimum Gasteiger partial charge on any atom is -1.00 e. The molecule has 0 fully saturated rings. The molecule has 0 saturated heterocycles. The fourth-order valence-electron chi connectivity index (χ4n) is 3.75. The van der Waals surface area contributed by atoms with E-state index in [0.29, 0.717) is 5.04 Å². The number of unbranched alkanes of at least 4 members (excludes halogenated alkanes) is 2. The minimum atomic E-state index is -0.288. The zero-order chi connectivity index (χ0) is 15.5. The van der Waals surface area contributed by atoms with Crippen molar-refractivity contribution in [1.82, 2.24) is 0 Å². The Bertz CT molecular complexity index is 538. The second kappa shape index (κ2) is 13.9. The summed E-state index contributed by atoms with van der Waals surface area (Å²) in [4.78, 5) is 0. The van der Waals surface area contributed by atoms with Gasteiger partial charge in [0.1, 0.15) is 0 Å². The second-order valence-electron chi connectivity index (χ2n) is 6.97. The van der Waals surface area contributed by atoms with Gasteiger partial charge in [-0.2, -0.15) is 27.4 Å². The Morgan fingerprint density at radius 1 is 0.960 bits per heavy atom. The molecule has 1 unspecified atom stereocenters. The van der Waals surface area contributed by atoms with E-state index < -0.39 is 0 Å². The van der Waals surface area contributed by atoms with Crippen LogP contribution in [0.4, 0.5) is 0 Å². The van der Waals surface area contributed by atoms with E-state index in [-0.39, 0.29) is 72.9 Å². The quantitative estimate of drug-likeness (QED) is 0.212. The predicted octanol–water partition coefficient (Wildman–Crippen LogP) is -4.30. The Kier molecular flexibility index (Phi) is 17.0. The van der Waals surface area contributed by atoms with Crippen LogP contribution in [0, 0.1) is 27.7 Å². The molecule has 0 aliphatic heterocycles. The van der Waals surface area contributed by atoms with Crippen molar-refractivity contribution in [2.75, 3.05) is 0 Å². The van der Waals surface area contributed by atoms with Crippen LogP contribution in [-0.2, 0) is 26.2 Å². The smallest absolute Gasteiger partial charge is 1.00 e. The monoisotopic (exact) mass is 494 g/mol. The van der Waals surface area contributed by atoms with Gasteiger partial charge >= 0.3 is 26.2 Å². The molecule has 1 aliphatic rings. The SMILES string of the molecule is CCCCCC1([SiH2][c-]2c(C)c(C)c(C)c2C)C=CC=CC1.[Cl-].[Cl-].[Cl-].[Zr+4]. The average Bonchev–Trinajstić information content (AvgIpc) is 2.66. The van der Waals surface area contributed by atoms with Gasteiger partial charge in [-0.25, -0.2) is 0 Å². The van der Waals surface area contributed by atoms with Crippen molar-refractivity contribution >= 4 is 14.7 Å². The molecule has 5 heteroatoms. The van der Waals surface area contributed by atoms with Crippen molar-refractivity contribution in [2.45, 2.75) is 71.8 Å². The summed E-state index contributed by atoms with van der Waals surface area (Å²) >= 11 is 0. The molecule has 0 amide bonds. The molecular formula is C20H31Cl3SiZr. The van der Waals surface area contributed by atoms with Crippen LogP contribution in [0.15, 0.2) is 24.3 Å². The van der Waals surface area contributed by atoms with Crippen LogP contribution in [0.3, 0.4) is 0 Å². The molecule has 0 heterocycles. The second-order valence-corrected chi connectivity index (χ2v) is 9.44. The van der Waals surface area contributed by atoms with Crippen LogP contribution >= 0.6 is 0 Å². The number of hydrogen-bond donors (Lipinski definition) is 0. The van der Waals surface area contributed by atoms with Crippen LogP contribution < -0.4 is 42.4 Å². The first-order valence-corrected chi connectivity index (χ1v) is 9.98. The zero-order valence-corrected chi connectivity index (χ0v) is 22.3. The fourth-order valence-corrected chi connectivity index (χ4v) is 6.51. The predicted molar refractivity (Wildman–Crippen MR) is 98.9 cm³/mol. The van der Waals surface area contributed by atoms with E-state index in [1.807, 2.05) is 0 Å². The summed E-state index contributed by atoms with van der Waals surface area (Å²) in [5, 5.41) is 2.24. The van der Waals surface area contributed by atoms with E-state index in [1.165, 1.54) is 43.2 Å². The standard InChI is InChI=1S/C20H31Si.3ClH.Zr/c1-6-7-9-12-20(13-10-8-11-14-20)21-19-17(4)15(2)16(3)18(19)5;;;;/h8,10-11,13H,6-7,9,12,14,21H2,1-5H3;3*1H;/q-1;;;;+4/p-3. The molecule has 1 aromatic carbocycles. The summed E-state index contributed by atoms with van der Waals surface area (Å²) in [6, 6.07) is 0. The van der Waals surface area contributed by atoms with Crippen molar-refractivity contribution in [3.05, 3.63) is 46.6 Å². The van der Waals surface area contributed by atoms with Crippen molar-refractivity contribution in [3.63, 3.8) is 0 Å². The molecule has 0 bridgehead atoms. The van der Waals surface area contributed by atoms with Crippen LogP contribution in [0.25, 0.3) is 0 Å². The third-order valence-corrected chi connectivity index (χ3v) is 8.62. The third-order valence-electron chi connectivity index (χ3n) is 5.62. The van der Waals surface area contributed by atoms with Crippen molar-refractivity contribution in [2.24, 2.45) is 0 Å². The third kappa shape index (κ3) is 7.38. The van der Waals surface area contributed by atoms with Gasteiger partial charge in [0.2, 0.25) is 0 Å². The number of halogens is 3. The Morgan fingerprint density at radius 2 is 1.52 bits per heavy atom. The van der Waals surface area contributed by atoms with Crippen molar-refractivity contribution in [1.29, 1.82) is 0 Å². The van der Waals surface area contributed by atoms with Crippen LogP contribution in [0.5, 0.6) is 0 Å². The van der Waals surface area contributed by atoms with E-state index in [1.54, 1.807) is 16.3 Å². The normalized spacial score (nSPS) is 18.3. The van der Waals surface area contributed by atoms with Gasteiger partial charge in [-0.3, -0.25) is 0 Å². The van der Waals surface area contributed by atoms with Gasteiger partial charge in [-0.15, -0.1) is 0 Å². The van der Waals surface area contributed by atoms with Gasteiger partial charge < -0.3 is 37.2 Å². The topological polar surface area (TPSA) is 0 Å². The van der Waals surface area contributed by atoms with E-state index in [4.69, 9.17) is 0 Å². The van der Waals surface area contributed by atoms with Gasteiger partial charge in [0, 0.05) is 9.52 Å². The van der Waals surface area contributed by atoms with Crippen LogP contribution in [-0.4, -0.2) is 9.52 Å². The van der Waals surface area contributed by atoms with Crippen LogP contribution in [0.1, 0.15) is 61.3 Å². The molecule has 0 aromatic heterocycles. The Labute approximate surface area is 195 Å². The average molecular weight is 497 g/mol. The first-order valence-electron chi connectivity index (χ1n) is 8.57. The summed E-state index contributed by atoms with van der Waals surface area (Å²) in [5.74, 6) is 0. The summed E-state index contributed by atoms with van der Waals surface area (Å²) < 4.78 is 0. The van der Waals surface area contributed by atoms with E-state index in [0.717, 1.165) is 0 Å². The molecule has 0 radical (unpaired) electrons. The molecule has 1 aromatic rings. The molecule has 0 nitrogen and oxygen atoms in total. The first-order chi connectivity index (χ1) is 10.0. The molecule has 0 N–H and O–H groups in total. The first kappa shape index (κ1) is 30.5. The number of allylic oxidation sites excluding steroid dienone is 4. The Hall–Kier alpha value is 0.800. The largest absolute Gasteiger partial charge is 4.00 e. The maximum atomic E-state index is 2.55. The maximum absolute atomic E-state index is 2.55. The maximum Gasteiger partial charge on any atom is 4.00 e. The van der Waals surface area contributed by atoms with Crippen molar-refractivity contribution in [3.8, 4) is 0 Å². The Balaban J connectivity index is -0.00000121.